The second kappa shape index (κ2) is 10.9. The van der Waals surface area contributed by atoms with E-state index in [1.807, 2.05) is 19.1 Å². The number of aromatic nitrogens is 2. The van der Waals surface area contributed by atoms with Crippen molar-refractivity contribution in [2.45, 2.75) is 26.8 Å². The SMILES string of the molecule is Cc1ccc(C(=O)N[C@H](C(=O)OCC(=O)Nc2c(C#N)cnn2-c2ccccc2)C(C)C)cc1. The van der Waals surface area contributed by atoms with Gasteiger partial charge in [0.15, 0.2) is 12.4 Å². The van der Waals surface area contributed by atoms with E-state index in [-0.39, 0.29) is 17.3 Å². The third-order valence-corrected chi connectivity index (χ3v) is 5.01. The summed E-state index contributed by atoms with van der Waals surface area (Å²) in [6.45, 7) is 4.85. The average molecular weight is 460 g/mol. The van der Waals surface area contributed by atoms with E-state index >= 15 is 0 Å². The second-order valence-electron chi connectivity index (χ2n) is 7.98. The minimum atomic E-state index is -0.939. The van der Waals surface area contributed by atoms with Crippen molar-refractivity contribution in [2.24, 2.45) is 5.92 Å². The van der Waals surface area contributed by atoms with Gasteiger partial charge in [0.25, 0.3) is 11.8 Å². The molecule has 2 N–H and O–H groups in total. The number of ether oxygens (including phenoxy) is 1. The van der Waals surface area contributed by atoms with Crippen molar-refractivity contribution in [3.63, 3.8) is 0 Å². The highest BCUT2D eigenvalue weighted by atomic mass is 16.5. The Morgan fingerprint density at radius 3 is 2.38 bits per heavy atom. The van der Waals surface area contributed by atoms with Gasteiger partial charge in [-0.05, 0) is 37.1 Å². The van der Waals surface area contributed by atoms with Crippen LogP contribution in [0, 0.1) is 24.2 Å². The summed E-state index contributed by atoms with van der Waals surface area (Å²) in [5.74, 6) is -1.89. The summed E-state index contributed by atoms with van der Waals surface area (Å²) in [4.78, 5) is 37.7. The van der Waals surface area contributed by atoms with E-state index in [4.69, 9.17) is 4.74 Å². The monoisotopic (exact) mass is 459 g/mol. The van der Waals surface area contributed by atoms with Crippen LogP contribution in [0.5, 0.6) is 0 Å². The number of nitriles is 1. The molecule has 2 amide bonds. The van der Waals surface area contributed by atoms with Crippen molar-refractivity contribution in [3.05, 3.63) is 77.5 Å². The van der Waals surface area contributed by atoms with Gasteiger partial charge < -0.3 is 15.4 Å². The van der Waals surface area contributed by atoms with E-state index < -0.39 is 30.4 Å². The van der Waals surface area contributed by atoms with Gasteiger partial charge in [-0.15, -0.1) is 0 Å². The average Bonchev–Trinajstić information content (AvgIpc) is 3.24. The van der Waals surface area contributed by atoms with Crippen LogP contribution >= 0.6 is 0 Å². The predicted molar refractivity (Wildman–Crippen MR) is 125 cm³/mol. The summed E-state index contributed by atoms with van der Waals surface area (Å²) in [7, 11) is 0. The van der Waals surface area contributed by atoms with Crippen molar-refractivity contribution >= 4 is 23.6 Å². The minimum Gasteiger partial charge on any atom is -0.454 e. The number of hydrogen-bond acceptors (Lipinski definition) is 6. The van der Waals surface area contributed by atoms with Gasteiger partial charge in [0, 0.05) is 5.56 Å². The Bertz CT molecular complexity index is 1210. The van der Waals surface area contributed by atoms with Crippen LogP contribution in [0.4, 0.5) is 5.82 Å². The van der Waals surface area contributed by atoms with Crippen LogP contribution < -0.4 is 10.6 Å². The molecule has 0 fully saturated rings. The molecule has 0 spiro atoms. The Morgan fingerprint density at radius 2 is 1.76 bits per heavy atom. The van der Waals surface area contributed by atoms with Gasteiger partial charge in [-0.1, -0.05) is 49.7 Å². The molecule has 1 heterocycles. The largest absolute Gasteiger partial charge is 0.454 e. The summed E-state index contributed by atoms with van der Waals surface area (Å²) in [5.41, 5.74) is 2.24. The zero-order valence-corrected chi connectivity index (χ0v) is 19.1. The van der Waals surface area contributed by atoms with Crippen molar-refractivity contribution in [1.29, 1.82) is 5.26 Å². The molecule has 1 aromatic heterocycles. The first-order valence-corrected chi connectivity index (χ1v) is 10.7. The second-order valence-corrected chi connectivity index (χ2v) is 7.98. The molecule has 0 saturated heterocycles. The molecule has 1 atom stereocenters. The van der Waals surface area contributed by atoms with Crippen molar-refractivity contribution in [2.75, 3.05) is 11.9 Å². The topological polar surface area (TPSA) is 126 Å². The molecule has 0 radical (unpaired) electrons. The predicted octanol–water partition coefficient (Wildman–Crippen LogP) is 2.99. The van der Waals surface area contributed by atoms with Gasteiger partial charge in [0.2, 0.25) is 0 Å². The van der Waals surface area contributed by atoms with E-state index in [0.717, 1.165) is 5.56 Å². The number of anilines is 1. The van der Waals surface area contributed by atoms with E-state index in [2.05, 4.69) is 15.7 Å². The molecule has 9 nitrogen and oxygen atoms in total. The van der Waals surface area contributed by atoms with Crippen LogP contribution in [-0.4, -0.2) is 40.2 Å². The maximum Gasteiger partial charge on any atom is 0.329 e. The van der Waals surface area contributed by atoms with E-state index in [9.17, 15) is 19.6 Å². The first-order chi connectivity index (χ1) is 16.3. The highest BCUT2D eigenvalue weighted by Crippen LogP contribution is 2.19. The van der Waals surface area contributed by atoms with Gasteiger partial charge in [0.05, 0.1) is 11.9 Å². The fourth-order valence-electron chi connectivity index (χ4n) is 3.14. The molecule has 0 aliphatic rings. The number of nitrogens with zero attached hydrogens (tertiary/aromatic N) is 3. The van der Waals surface area contributed by atoms with Crippen LogP contribution in [-0.2, 0) is 14.3 Å². The summed E-state index contributed by atoms with van der Waals surface area (Å²) >= 11 is 0. The maximum atomic E-state index is 12.6. The standard InChI is InChI=1S/C25H25N5O4/c1-16(2)22(29-24(32)18-11-9-17(3)10-12-18)25(33)34-15-21(31)28-23-19(13-26)14-27-30(23)20-7-5-4-6-8-20/h4-12,14,16,22H,15H2,1-3H3,(H,28,31)(H,29,32)/t22-/m0/s1. The number of hydrogen-bond donors (Lipinski definition) is 2. The number of esters is 1. The van der Waals surface area contributed by atoms with Crippen LogP contribution in [0.1, 0.15) is 35.3 Å². The number of aryl methyl sites for hydroxylation is 1. The molecule has 3 aromatic rings. The van der Waals surface area contributed by atoms with Gasteiger partial charge in [-0.2, -0.15) is 10.4 Å². The molecule has 34 heavy (non-hydrogen) atoms. The number of amides is 2. The lowest BCUT2D eigenvalue weighted by molar-refractivity contribution is -0.150. The summed E-state index contributed by atoms with van der Waals surface area (Å²) in [6.07, 6.45) is 1.34. The molecular formula is C25H25N5O4. The van der Waals surface area contributed by atoms with Crippen LogP contribution in [0.3, 0.4) is 0 Å². The molecule has 0 bridgehead atoms. The molecule has 0 saturated carbocycles. The van der Waals surface area contributed by atoms with Crippen molar-refractivity contribution in [1.82, 2.24) is 15.1 Å². The number of para-hydroxylation sites is 1. The zero-order valence-electron chi connectivity index (χ0n) is 19.1. The fourth-order valence-corrected chi connectivity index (χ4v) is 3.14. The number of carbonyl (C=O) groups excluding carboxylic acids is 3. The Morgan fingerprint density at radius 1 is 1.09 bits per heavy atom. The lowest BCUT2D eigenvalue weighted by atomic mass is 10.0. The third-order valence-electron chi connectivity index (χ3n) is 5.01. The summed E-state index contributed by atoms with van der Waals surface area (Å²) in [6, 6.07) is 17.0. The lowest BCUT2D eigenvalue weighted by Crippen LogP contribution is -2.46. The molecular weight excluding hydrogens is 434 g/mol. The maximum absolute atomic E-state index is 12.6. The smallest absolute Gasteiger partial charge is 0.329 e. The van der Waals surface area contributed by atoms with Crippen LogP contribution in [0.15, 0.2) is 60.8 Å². The first-order valence-electron chi connectivity index (χ1n) is 10.7. The van der Waals surface area contributed by atoms with E-state index in [0.29, 0.717) is 11.3 Å². The fraction of sp³-hybridized carbons (Fsp3) is 0.240. The molecule has 0 aliphatic heterocycles. The highest BCUT2D eigenvalue weighted by Gasteiger charge is 2.27. The zero-order chi connectivity index (χ0) is 24.7. The van der Waals surface area contributed by atoms with Gasteiger partial charge in [-0.3, -0.25) is 9.59 Å². The molecule has 174 valence electrons. The van der Waals surface area contributed by atoms with E-state index in [1.165, 1.54) is 10.9 Å². The normalized spacial score (nSPS) is 11.4. The Balaban J connectivity index is 1.64. The lowest BCUT2D eigenvalue weighted by Gasteiger charge is -2.21. The molecule has 3 rings (SSSR count). The van der Waals surface area contributed by atoms with E-state index in [1.54, 1.807) is 62.4 Å². The number of benzene rings is 2. The molecule has 9 heteroatoms. The molecule has 0 aliphatic carbocycles. The van der Waals surface area contributed by atoms with Crippen molar-refractivity contribution < 1.29 is 19.1 Å². The highest BCUT2D eigenvalue weighted by molar-refractivity contribution is 5.97. The first kappa shape index (κ1) is 24.2. The Hall–Kier alpha value is -4.45. The number of rotatable bonds is 8. The van der Waals surface area contributed by atoms with Gasteiger partial charge in [0.1, 0.15) is 17.7 Å². The van der Waals surface area contributed by atoms with Gasteiger partial charge in [-0.25, -0.2) is 9.48 Å². The third kappa shape index (κ3) is 5.86. The Labute approximate surface area is 197 Å². The summed E-state index contributed by atoms with van der Waals surface area (Å²) < 4.78 is 6.59. The number of carbonyl (C=O) groups is 3. The molecule has 2 aromatic carbocycles. The Kier molecular flexibility index (Phi) is 7.77. The van der Waals surface area contributed by atoms with Crippen LogP contribution in [0.25, 0.3) is 5.69 Å². The minimum absolute atomic E-state index is 0.161. The van der Waals surface area contributed by atoms with Crippen LogP contribution in [0.2, 0.25) is 0 Å². The van der Waals surface area contributed by atoms with Gasteiger partial charge >= 0.3 is 5.97 Å². The summed E-state index contributed by atoms with van der Waals surface area (Å²) in [5, 5.41) is 18.8. The van der Waals surface area contributed by atoms with Crippen molar-refractivity contribution in [3.8, 4) is 11.8 Å². The number of nitrogens with one attached hydrogen (secondary N) is 2. The molecule has 0 unspecified atom stereocenters. The quantitative estimate of drug-likeness (QED) is 0.499.